The van der Waals surface area contributed by atoms with E-state index in [-0.39, 0.29) is 5.41 Å². The van der Waals surface area contributed by atoms with Crippen molar-refractivity contribution in [2.24, 2.45) is 5.41 Å². The quantitative estimate of drug-likeness (QED) is 0.824. The van der Waals surface area contributed by atoms with Gasteiger partial charge in [0.15, 0.2) is 0 Å². The van der Waals surface area contributed by atoms with Crippen molar-refractivity contribution in [3.05, 3.63) is 24.3 Å². The van der Waals surface area contributed by atoms with Crippen molar-refractivity contribution >= 4 is 5.69 Å². The first-order chi connectivity index (χ1) is 7.86. The molecule has 0 fully saturated rings. The number of hydrogen-bond acceptors (Lipinski definition) is 3. The Hall–Kier alpha value is -1.22. The number of rotatable bonds is 5. The van der Waals surface area contributed by atoms with Gasteiger partial charge in [0.2, 0.25) is 0 Å². The van der Waals surface area contributed by atoms with Crippen LogP contribution in [0.15, 0.2) is 24.3 Å². The minimum absolute atomic E-state index is 0.182. The van der Waals surface area contributed by atoms with E-state index >= 15 is 0 Å². The molecule has 17 heavy (non-hydrogen) atoms. The molecule has 1 atom stereocenters. The van der Waals surface area contributed by atoms with Crippen molar-refractivity contribution in [1.29, 1.82) is 0 Å². The number of anilines is 1. The van der Waals surface area contributed by atoms with Crippen LogP contribution >= 0.6 is 0 Å². The van der Waals surface area contributed by atoms with E-state index in [4.69, 9.17) is 0 Å². The molecule has 1 rings (SSSR count). The average molecular weight is 236 g/mol. The van der Waals surface area contributed by atoms with Gasteiger partial charge in [-0.05, 0) is 43.7 Å². The van der Waals surface area contributed by atoms with Crippen molar-refractivity contribution in [1.82, 2.24) is 5.32 Å². The summed E-state index contributed by atoms with van der Waals surface area (Å²) in [5, 5.41) is 12.6. The molecule has 3 nitrogen and oxygen atoms in total. The minimum Gasteiger partial charge on any atom is -0.508 e. The van der Waals surface area contributed by atoms with Crippen molar-refractivity contribution in [2.45, 2.75) is 26.8 Å². The molecule has 0 spiro atoms. The molecular formula is C14H24N2O. The first-order valence-electron chi connectivity index (χ1n) is 6.04. The van der Waals surface area contributed by atoms with Crippen molar-refractivity contribution in [3.8, 4) is 5.75 Å². The third-order valence-corrected chi connectivity index (χ3v) is 3.54. The van der Waals surface area contributed by atoms with Crippen LogP contribution in [0.1, 0.15) is 20.8 Å². The minimum atomic E-state index is 0.182. The van der Waals surface area contributed by atoms with E-state index in [1.807, 2.05) is 19.2 Å². The fourth-order valence-corrected chi connectivity index (χ4v) is 1.94. The van der Waals surface area contributed by atoms with Gasteiger partial charge in [0.25, 0.3) is 0 Å². The lowest BCUT2D eigenvalue weighted by Crippen LogP contribution is -2.44. The molecule has 96 valence electrons. The van der Waals surface area contributed by atoms with E-state index in [0.29, 0.717) is 11.8 Å². The zero-order valence-electron chi connectivity index (χ0n) is 11.5. The summed E-state index contributed by atoms with van der Waals surface area (Å²) < 4.78 is 0. The Morgan fingerprint density at radius 3 is 2.29 bits per heavy atom. The predicted molar refractivity (Wildman–Crippen MR) is 73.7 cm³/mol. The number of benzene rings is 1. The van der Waals surface area contributed by atoms with Crippen LogP contribution in [0.25, 0.3) is 0 Å². The van der Waals surface area contributed by atoms with E-state index in [0.717, 1.165) is 12.2 Å². The number of hydrogen-bond donors (Lipinski definition) is 2. The largest absolute Gasteiger partial charge is 0.508 e. The van der Waals surface area contributed by atoms with Gasteiger partial charge in [-0.2, -0.15) is 0 Å². The molecule has 0 bridgehead atoms. The van der Waals surface area contributed by atoms with Gasteiger partial charge in [-0.15, -0.1) is 0 Å². The zero-order chi connectivity index (χ0) is 13.1. The van der Waals surface area contributed by atoms with Crippen LogP contribution in [0.3, 0.4) is 0 Å². The van der Waals surface area contributed by atoms with Crippen LogP contribution in [0.5, 0.6) is 5.75 Å². The smallest absolute Gasteiger partial charge is 0.115 e. The number of phenolic OH excluding ortho intramolecular Hbond substituents is 1. The van der Waals surface area contributed by atoms with Crippen LogP contribution in [-0.4, -0.2) is 31.8 Å². The van der Waals surface area contributed by atoms with Crippen LogP contribution in [0.2, 0.25) is 0 Å². The number of aromatic hydroxyl groups is 1. The Morgan fingerprint density at radius 2 is 1.82 bits per heavy atom. The summed E-state index contributed by atoms with van der Waals surface area (Å²) in [5.74, 6) is 0.310. The highest BCUT2D eigenvalue weighted by atomic mass is 16.3. The Morgan fingerprint density at radius 1 is 1.29 bits per heavy atom. The molecule has 0 saturated carbocycles. The summed E-state index contributed by atoms with van der Waals surface area (Å²) in [6, 6.07) is 7.77. The van der Waals surface area contributed by atoms with Crippen LogP contribution in [0.4, 0.5) is 5.69 Å². The molecule has 0 heterocycles. The van der Waals surface area contributed by atoms with Gasteiger partial charge in [0, 0.05) is 25.3 Å². The summed E-state index contributed by atoms with van der Waals surface area (Å²) in [6.45, 7) is 7.67. The molecule has 1 aromatic rings. The second-order valence-electron chi connectivity index (χ2n) is 5.37. The maximum absolute atomic E-state index is 9.27. The second-order valence-corrected chi connectivity index (χ2v) is 5.37. The standard InChI is InChI=1S/C14H24N2O/c1-11(15-4)14(2,3)10-16(5)12-6-8-13(17)9-7-12/h6-9,11,15,17H,10H2,1-5H3. The molecular weight excluding hydrogens is 212 g/mol. The lowest BCUT2D eigenvalue weighted by Gasteiger charge is -2.36. The predicted octanol–water partition coefficient (Wildman–Crippen LogP) is 2.46. The fourth-order valence-electron chi connectivity index (χ4n) is 1.94. The topological polar surface area (TPSA) is 35.5 Å². The highest BCUT2D eigenvalue weighted by Gasteiger charge is 2.26. The Bertz CT molecular complexity index is 346. The first-order valence-corrected chi connectivity index (χ1v) is 6.04. The first kappa shape index (κ1) is 13.8. The van der Waals surface area contributed by atoms with Crippen molar-refractivity contribution in [2.75, 3.05) is 25.5 Å². The van der Waals surface area contributed by atoms with Gasteiger partial charge in [-0.25, -0.2) is 0 Å². The molecule has 0 aliphatic heterocycles. The van der Waals surface area contributed by atoms with E-state index in [2.05, 4.69) is 38.0 Å². The average Bonchev–Trinajstić information content (AvgIpc) is 2.28. The number of phenols is 1. The maximum atomic E-state index is 9.27. The fraction of sp³-hybridized carbons (Fsp3) is 0.571. The molecule has 0 aliphatic rings. The monoisotopic (exact) mass is 236 g/mol. The van der Waals surface area contributed by atoms with Crippen molar-refractivity contribution in [3.63, 3.8) is 0 Å². The molecule has 0 aliphatic carbocycles. The van der Waals surface area contributed by atoms with Gasteiger partial charge in [0.1, 0.15) is 5.75 Å². The highest BCUT2D eigenvalue weighted by Crippen LogP contribution is 2.25. The van der Waals surface area contributed by atoms with E-state index in [9.17, 15) is 5.11 Å². The van der Waals surface area contributed by atoms with Gasteiger partial charge in [-0.1, -0.05) is 13.8 Å². The Kier molecular flexibility index (Phi) is 4.40. The van der Waals surface area contributed by atoms with Crippen LogP contribution < -0.4 is 10.2 Å². The third-order valence-electron chi connectivity index (χ3n) is 3.54. The molecule has 0 radical (unpaired) electrons. The molecule has 0 amide bonds. The van der Waals surface area contributed by atoms with Gasteiger partial charge in [0.05, 0.1) is 0 Å². The van der Waals surface area contributed by atoms with E-state index < -0.39 is 0 Å². The van der Waals surface area contributed by atoms with Crippen molar-refractivity contribution < 1.29 is 5.11 Å². The summed E-state index contributed by atoms with van der Waals surface area (Å²) in [7, 11) is 4.07. The number of nitrogens with zero attached hydrogens (tertiary/aromatic N) is 1. The zero-order valence-corrected chi connectivity index (χ0v) is 11.5. The summed E-state index contributed by atoms with van der Waals surface area (Å²) in [5.41, 5.74) is 1.31. The summed E-state index contributed by atoms with van der Waals surface area (Å²) >= 11 is 0. The summed E-state index contributed by atoms with van der Waals surface area (Å²) in [6.07, 6.45) is 0. The van der Waals surface area contributed by atoms with E-state index in [1.165, 1.54) is 0 Å². The number of nitrogens with one attached hydrogen (secondary N) is 1. The molecule has 0 aromatic heterocycles. The van der Waals surface area contributed by atoms with Crippen LogP contribution in [-0.2, 0) is 0 Å². The summed E-state index contributed by atoms with van der Waals surface area (Å²) in [4.78, 5) is 2.22. The maximum Gasteiger partial charge on any atom is 0.115 e. The normalized spacial score (nSPS) is 13.5. The molecule has 0 saturated heterocycles. The van der Waals surface area contributed by atoms with Gasteiger partial charge in [-0.3, -0.25) is 0 Å². The third kappa shape index (κ3) is 3.63. The Labute approximate surface area is 104 Å². The lowest BCUT2D eigenvalue weighted by atomic mass is 9.85. The molecule has 1 aromatic carbocycles. The second kappa shape index (κ2) is 5.41. The van der Waals surface area contributed by atoms with Crippen LogP contribution in [0, 0.1) is 5.41 Å². The lowest BCUT2D eigenvalue weighted by molar-refractivity contribution is 0.275. The van der Waals surface area contributed by atoms with E-state index in [1.54, 1.807) is 12.1 Å². The van der Waals surface area contributed by atoms with Gasteiger partial charge < -0.3 is 15.3 Å². The Balaban J connectivity index is 2.71. The molecule has 2 N–H and O–H groups in total. The molecule has 1 unspecified atom stereocenters. The van der Waals surface area contributed by atoms with Gasteiger partial charge >= 0.3 is 0 Å². The SMILES string of the molecule is CNC(C)C(C)(C)CN(C)c1ccc(O)cc1. The molecule has 3 heteroatoms. The highest BCUT2D eigenvalue weighted by molar-refractivity contribution is 5.48.